The minimum atomic E-state index is -0.230. The normalized spacial score (nSPS) is 10.2. The molecule has 0 spiro atoms. The van der Waals surface area contributed by atoms with Gasteiger partial charge in [0.25, 0.3) is 5.91 Å². The monoisotopic (exact) mass is 317 g/mol. The van der Waals surface area contributed by atoms with E-state index >= 15 is 0 Å². The lowest BCUT2D eigenvalue weighted by Crippen LogP contribution is -2.13. The number of nitrogens with one attached hydrogen (secondary N) is 2. The van der Waals surface area contributed by atoms with Gasteiger partial charge in [0.05, 0.1) is 0 Å². The molecular formula is C20H19N3O. The first-order valence-corrected chi connectivity index (χ1v) is 7.93. The standard InChI is InChI=1S/C20H19N3O/c1-2-15-8-10-17(11-9-15)22-18-12-13-21-19(14-18)20(24)23-16-6-4-3-5-7-16/h3-14H,2H2,1H3,(H,21,22)(H,23,24). The Labute approximate surface area is 141 Å². The summed E-state index contributed by atoms with van der Waals surface area (Å²) in [5.41, 5.74) is 4.21. The molecule has 3 rings (SSSR count). The minimum Gasteiger partial charge on any atom is -0.355 e. The first kappa shape index (κ1) is 15.7. The number of carbonyl (C=O) groups is 1. The number of amides is 1. The molecule has 0 saturated heterocycles. The summed E-state index contributed by atoms with van der Waals surface area (Å²) in [6.45, 7) is 2.13. The van der Waals surface area contributed by atoms with Crippen molar-refractivity contribution in [3.05, 3.63) is 84.2 Å². The fraction of sp³-hybridized carbons (Fsp3) is 0.100. The lowest BCUT2D eigenvalue weighted by Gasteiger charge is -2.09. The molecule has 0 aliphatic heterocycles. The quantitative estimate of drug-likeness (QED) is 0.721. The molecule has 3 aromatic rings. The van der Waals surface area contributed by atoms with Gasteiger partial charge in [-0.15, -0.1) is 0 Å². The molecule has 0 radical (unpaired) electrons. The number of carbonyl (C=O) groups excluding carboxylic acids is 1. The SMILES string of the molecule is CCc1ccc(Nc2ccnc(C(=O)Nc3ccccc3)c2)cc1. The molecule has 1 aromatic heterocycles. The molecule has 0 atom stereocenters. The van der Waals surface area contributed by atoms with Crippen LogP contribution in [-0.4, -0.2) is 10.9 Å². The lowest BCUT2D eigenvalue weighted by atomic mass is 10.1. The summed E-state index contributed by atoms with van der Waals surface area (Å²) in [4.78, 5) is 16.5. The highest BCUT2D eigenvalue weighted by atomic mass is 16.1. The van der Waals surface area contributed by atoms with Gasteiger partial charge in [-0.1, -0.05) is 37.3 Å². The Morgan fingerprint density at radius 2 is 1.67 bits per heavy atom. The number of para-hydroxylation sites is 1. The molecule has 0 aliphatic rings. The molecular weight excluding hydrogens is 298 g/mol. The molecule has 0 unspecified atom stereocenters. The zero-order valence-electron chi connectivity index (χ0n) is 13.5. The van der Waals surface area contributed by atoms with Crippen molar-refractivity contribution >= 4 is 23.0 Å². The van der Waals surface area contributed by atoms with Crippen LogP contribution in [-0.2, 0) is 6.42 Å². The van der Waals surface area contributed by atoms with E-state index < -0.39 is 0 Å². The third kappa shape index (κ3) is 3.98. The maximum Gasteiger partial charge on any atom is 0.274 e. The molecule has 24 heavy (non-hydrogen) atoms. The number of pyridine rings is 1. The van der Waals surface area contributed by atoms with Crippen molar-refractivity contribution in [2.45, 2.75) is 13.3 Å². The molecule has 0 aliphatic carbocycles. The number of aromatic nitrogens is 1. The Balaban J connectivity index is 1.72. The van der Waals surface area contributed by atoms with Gasteiger partial charge in [0.2, 0.25) is 0 Å². The van der Waals surface area contributed by atoms with Crippen molar-refractivity contribution in [2.75, 3.05) is 10.6 Å². The van der Waals surface area contributed by atoms with Crippen LogP contribution in [0.3, 0.4) is 0 Å². The summed E-state index contributed by atoms with van der Waals surface area (Å²) in [5, 5.41) is 6.13. The number of nitrogens with zero attached hydrogens (tertiary/aromatic N) is 1. The molecule has 4 nitrogen and oxygen atoms in total. The second-order valence-electron chi connectivity index (χ2n) is 5.43. The third-order valence-corrected chi connectivity index (χ3v) is 3.68. The van der Waals surface area contributed by atoms with Gasteiger partial charge in [-0.25, -0.2) is 0 Å². The molecule has 0 fully saturated rings. The van der Waals surface area contributed by atoms with E-state index in [-0.39, 0.29) is 5.91 Å². The van der Waals surface area contributed by atoms with Gasteiger partial charge in [-0.3, -0.25) is 9.78 Å². The van der Waals surface area contributed by atoms with E-state index in [1.165, 1.54) is 5.56 Å². The van der Waals surface area contributed by atoms with Crippen molar-refractivity contribution in [3.63, 3.8) is 0 Å². The first-order chi connectivity index (χ1) is 11.7. The predicted molar refractivity (Wildman–Crippen MR) is 97.7 cm³/mol. The Morgan fingerprint density at radius 3 is 2.38 bits per heavy atom. The predicted octanol–water partition coefficient (Wildman–Crippen LogP) is 4.64. The van der Waals surface area contributed by atoms with E-state index in [9.17, 15) is 4.79 Å². The van der Waals surface area contributed by atoms with Crippen LogP contribution in [0, 0.1) is 0 Å². The zero-order valence-corrected chi connectivity index (χ0v) is 13.5. The van der Waals surface area contributed by atoms with Crippen molar-refractivity contribution in [1.29, 1.82) is 0 Å². The zero-order chi connectivity index (χ0) is 16.8. The summed E-state index contributed by atoms with van der Waals surface area (Å²) >= 11 is 0. The second kappa shape index (κ2) is 7.42. The van der Waals surface area contributed by atoms with E-state index in [0.29, 0.717) is 5.69 Å². The average Bonchev–Trinajstić information content (AvgIpc) is 2.63. The van der Waals surface area contributed by atoms with Crippen LogP contribution in [0.2, 0.25) is 0 Å². The van der Waals surface area contributed by atoms with Crippen molar-refractivity contribution in [2.24, 2.45) is 0 Å². The summed E-state index contributed by atoms with van der Waals surface area (Å²) in [5.74, 6) is -0.230. The van der Waals surface area contributed by atoms with E-state index in [0.717, 1.165) is 23.5 Å². The number of benzene rings is 2. The molecule has 0 bridgehead atoms. The summed E-state index contributed by atoms with van der Waals surface area (Å²) < 4.78 is 0. The topological polar surface area (TPSA) is 54.0 Å². The minimum absolute atomic E-state index is 0.230. The van der Waals surface area contributed by atoms with Crippen LogP contribution >= 0.6 is 0 Å². The molecule has 0 saturated carbocycles. The molecule has 120 valence electrons. The summed E-state index contributed by atoms with van der Waals surface area (Å²) in [6.07, 6.45) is 2.64. The number of rotatable bonds is 5. The first-order valence-electron chi connectivity index (χ1n) is 7.93. The van der Waals surface area contributed by atoms with Crippen molar-refractivity contribution in [3.8, 4) is 0 Å². The van der Waals surface area contributed by atoms with Gasteiger partial charge in [0.15, 0.2) is 0 Å². The van der Waals surface area contributed by atoms with Crippen molar-refractivity contribution in [1.82, 2.24) is 4.98 Å². The van der Waals surface area contributed by atoms with Crippen LogP contribution in [0.25, 0.3) is 0 Å². The third-order valence-electron chi connectivity index (χ3n) is 3.68. The van der Waals surface area contributed by atoms with Crippen LogP contribution in [0.5, 0.6) is 0 Å². The largest absolute Gasteiger partial charge is 0.355 e. The maximum absolute atomic E-state index is 12.3. The van der Waals surface area contributed by atoms with Gasteiger partial charge in [-0.2, -0.15) is 0 Å². The van der Waals surface area contributed by atoms with Crippen LogP contribution in [0.4, 0.5) is 17.1 Å². The Morgan fingerprint density at radius 1 is 0.917 bits per heavy atom. The van der Waals surface area contributed by atoms with Crippen LogP contribution < -0.4 is 10.6 Å². The van der Waals surface area contributed by atoms with Gasteiger partial charge < -0.3 is 10.6 Å². The fourth-order valence-electron chi connectivity index (χ4n) is 2.34. The molecule has 2 N–H and O–H groups in total. The highest BCUT2D eigenvalue weighted by Gasteiger charge is 2.08. The Kier molecular flexibility index (Phi) is 4.87. The fourth-order valence-corrected chi connectivity index (χ4v) is 2.34. The van der Waals surface area contributed by atoms with Crippen LogP contribution in [0.15, 0.2) is 72.9 Å². The van der Waals surface area contributed by atoms with Gasteiger partial charge in [-0.05, 0) is 48.4 Å². The second-order valence-corrected chi connectivity index (χ2v) is 5.43. The molecule has 1 heterocycles. The summed E-state index contributed by atoms with van der Waals surface area (Å²) in [6, 6.07) is 21.2. The molecule has 1 amide bonds. The Hall–Kier alpha value is -3.14. The Bertz CT molecular complexity index is 814. The number of aryl methyl sites for hydroxylation is 1. The van der Waals surface area contributed by atoms with Crippen molar-refractivity contribution < 1.29 is 4.79 Å². The lowest BCUT2D eigenvalue weighted by molar-refractivity contribution is 0.102. The number of hydrogen-bond donors (Lipinski definition) is 2. The van der Waals surface area contributed by atoms with Gasteiger partial charge >= 0.3 is 0 Å². The molecule has 2 aromatic carbocycles. The highest BCUT2D eigenvalue weighted by molar-refractivity contribution is 6.03. The number of anilines is 3. The highest BCUT2D eigenvalue weighted by Crippen LogP contribution is 2.18. The van der Waals surface area contributed by atoms with E-state index in [2.05, 4.69) is 34.7 Å². The van der Waals surface area contributed by atoms with Gasteiger partial charge in [0.1, 0.15) is 5.69 Å². The molecule has 4 heteroatoms. The maximum atomic E-state index is 12.3. The average molecular weight is 317 g/mol. The number of hydrogen-bond acceptors (Lipinski definition) is 3. The smallest absolute Gasteiger partial charge is 0.274 e. The summed E-state index contributed by atoms with van der Waals surface area (Å²) in [7, 11) is 0. The van der Waals surface area contributed by atoms with Gasteiger partial charge in [0, 0.05) is 23.3 Å². The van der Waals surface area contributed by atoms with Crippen LogP contribution in [0.1, 0.15) is 23.0 Å². The van der Waals surface area contributed by atoms with E-state index in [1.807, 2.05) is 48.5 Å². The van der Waals surface area contributed by atoms with E-state index in [1.54, 1.807) is 12.3 Å². The van der Waals surface area contributed by atoms with E-state index in [4.69, 9.17) is 0 Å².